The lowest BCUT2D eigenvalue weighted by Gasteiger charge is -2.35. The molecule has 18 heavy (non-hydrogen) atoms. The lowest BCUT2D eigenvalue weighted by Crippen LogP contribution is -2.25. The highest BCUT2D eigenvalue weighted by molar-refractivity contribution is 9.10. The van der Waals surface area contributed by atoms with E-state index in [1.54, 1.807) is 0 Å². The molecule has 0 amide bonds. The number of hydrogen-bond acceptors (Lipinski definition) is 1. The average Bonchev–Trinajstić information content (AvgIpc) is 2.40. The van der Waals surface area contributed by atoms with Gasteiger partial charge in [0.2, 0.25) is 0 Å². The van der Waals surface area contributed by atoms with Gasteiger partial charge in [0.05, 0.1) is 6.10 Å². The van der Waals surface area contributed by atoms with Crippen LogP contribution >= 0.6 is 15.9 Å². The van der Waals surface area contributed by atoms with Crippen LogP contribution in [-0.2, 0) is 0 Å². The summed E-state index contributed by atoms with van der Waals surface area (Å²) in [5.41, 5.74) is 2.29. The predicted molar refractivity (Wildman–Crippen MR) is 79.6 cm³/mol. The van der Waals surface area contributed by atoms with Crippen molar-refractivity contribution in [3.05, 3.63) is 33.8 Å². The highest BCUT2D eigenvalue weighted by Crippen LogP contribution is 2.41. The molecule has 2 heteroatoms. The Morgan fingerprint density at radius 1 is 1.33 bits per heavy atom. The zero-order chi connectivity index (χ0) is 13.1. The van der Waals surface area contributed by atoms with Gasteiger partial charge in [0.15, 0.2) is 0 Å². The highest BCUT2D eigenvalue weighted by Gasteiger charge is 2.31. The summed E-state index contributed by atoms with van der Waals surface area (Å²) in [4.78, 5) is 0. The van der Waals surface area contributed by atoms with E-state index in [9.17, 15) is 5.11 Å². The van der Waals surface area contributed by atoms with Crippen LogP contribution < -0.4 is 0 Å². The largest absolute Gasteiger partial charge is 0.388 e. The van der Waals surface area contributed by atoms with Crippen LogP contribution in [0.3, 0.4) is 0 Å². The number of halogens is 1. The van der Waals surface area contributed by atoms with E-state index in [0.29, 0.717) is 11.8 Å². The van der Waals surface area contributed by atoms with Gasteiger partial charge in [0.1, 0.15) is 0 Å². The smallest absolute Gasteiger partial charge is 0.0831 e. The predicted octanol–water partition coefficient (Wildman–Crippen LogP) is 5.01. The molecule has 0 aromatic heterocycles. The van der Waals surface area contributed by atoms with Crippen LogP contribution in [-0.4, -0.2) is 5.11 Å². The Hall–Kier alpha value is -0.340. The van der Waals surface area contributed by atoms with Gasteiger partial charge in [0, 0.05) is 4.47 Å². The topological polar surface area (TPSA) is 20.2 Å². The molecule has 0 radical (unpaired) electrons. The fourth-order valence-electron chi connectivity index (χ4n) is 3.28. The average molecular weight is 311 g/mol. The van der Waals surface area contributed by atoms with Crippen LogP contribution in [0, 0.1) is 18.8 Å². The molecule has 1 aromatic rings. The maximum atomic E-state index is 10.7. The minimum Gasteiger partial charge on any atom is -0.388 e. The molecule has 1 N–H and O–H groups in total. The molecule has 2 rings (SSSR count). The summed E-state index contributed by atoms with van der Waals surface area (Å²) in [6.45, 7) is 4.34. The number of aliphatic hydroxyl groups excluding tert-OH is 1. The Bertz CT molecular complexity index is 402. The Balaban J connectivity index is 2.23. The standard InChI is InChI=1S/C16H23BrO/c1-3-12-6-4-5-7-13(12)16(18)14-10-11(2)8-9-15(14)17/h8-10,12-13,16,18H,3-7H2,1-2H3. The van der Waals surface area contributed by atoms with Crippen LogP contribution in [0.15, 0.2) is 22.7 Å². The number of rotatable bonds is 3. The third-order valence-corrected chi connectivity index (χ3v) is 5.09. The molecule has 1 fully saturated rings. The molecule has 1 aliphatic carbocycles. The zero-order valence-corrected chi connectivity index (χ0v) is 12.9. The summed E-state index contributed by atoms with van der Waals surface area (Å²) in [6, 6.07) is 6.26. The van der Waals surface area contributed by atoms with Crippen molar-refractivity contribution in [2.75, 3.05) is 0 Å². The quantitative estimate of drug-likeness (QED) is 0.832. The minimum atomic E-state index is -0.315. The van der Waals surface area contributed by atoms with Crippen LogP contribution in [0.4, 0.5) is 0 Å². The third kappa shape index (κ3) is 2.97. The van der Waals surface area contributed by atoms with Gasteiger partial charge in [-0.05, 0) is 36.8 Å². The normalized spacial score (nSPS) is 26.0. The summed E-state index contributed by atoms with van der Waals surface area (Å²) in [5, 5.41) is 10.7. The highest BCUT2D eigenvalue weighted by atomic mass is 79.9. The zero-order valence-electron chi connectivity index (χ0n) is 11.3. The molecule has 0 heterocycles. The van der Waals surface area contributed by atoms with Crippen molar-refractivity contribution in [1.82, 2.24) is 0 Å². The molecule has 0 aliphatic heterocycles. The van der Waals surface area contributed by atoms with E-state index in [2.05, 4.69) is 48.0 Å². The molecule has 0 bridgehead atoms. The summed E-state index contributed by atoms with van der Waals surface area (Å²) >= 11 is 3.58. The number of hydrogen-bond donors (Lipinski definition) is 1. The van der Waals surface area contributed by atoms with Gasteiger partial charge >= 0.3 is 0 Å². The van der Waals surface area contributed by atoms with Crippen LogP contribution in [0.25, 0.3) is 0 Å². The minimum absolute atomic E-state index is 0.315. The van der Waals surface area contributed by atoms with E-state index in [-0.39, 0.29) is 6.10 Å². The van der Waals surface area contributed by atoms with Gasteiger partial charge < -0.3 is 5.11 Å². The van der Waals surface area contributed by atoms with Gasteiger partial charge in [-0.15, -0.1) is 0 Å². The van der Waals surface area contributed by atoms with Gasteiger partial charge in [-0.25, -0.2) is 0 Å². The molecule has 0 spiro atoms. The van der Waals surface area contributed by atoms with E-state index in [4.69, 9.17) is 0 Å². The lowest BCUT2D eigenvalue weighted by molar-refractivity contribution is 0.0447. The van der Waals surface area contributed by atoms with Crippen LogP contribution in [0.1, 0.15) is 56.3 Å². The van der Waals surface area contributed by atoms with Crippen LogP contribution in [0.2, 0.25) is 0 Å². The third-order valence-electron chi connectivity index (χ3n) is 4.37. The lowest BCUT2D eigenvalue weighted by atomic mass is 9.73. The number of benzene rings is 1. The second-order valence-electron chi connectivity index (χ2n) is 5.59. The van der Waals surface area contributed by atoms with Gasteiger partial charge in [-0.1, -0.05) is 66.2 Å². The maximum Gasteiger partial charge on any atom is 0.0831 e. The molecule has 3 atom stereocenters. The summed E-state index contributed by atoms with van der Waals surface area (Å²) in [7, 11) is 0. The molecule has 100 valence electrons. The second kappa shape index (κ2) is 6.21. The summed E-state index contributed by atoms with van der Waals surface area (Å²) < 4.78 is 1.04. The van der Waals surface area contributed by atoms with Crippen molar-refractivity contribution in [2.24, 2.45) is 11.8 Å². The van der Waals surface area contributed by atoms with Crippen LogP contribution in [0.5, 0.6) is 0 Å². The van der Waals surface area contributed by atoms with Gasteiger partial charge in [0.25, 0.3) is 0 Å². The van der Waals surface area contributed by atoms with Gasteiger partial charge in [-0.3, -0.25) is 0 Å². The summed E-state index contributed by atoms with van der Waals surface area (Å²) in [5.74, 6) is 1.11. The van der Waals surface area contributed by atoms with E-state index in [0.717, 1.165) is 10.0 Å². The first-order chi connectivity index (χ1) is 8.63. The van der Waals surface area contributed by atoms with Crippen molar-refractivity contribution in [3.8, 4) is 0 Å². The number of aryl methyl sites for hydroxylation is 1. The molecular weight excluding hydrogens is 288 g/mol. The SMILES string of the molecule is CCC1CCCCC1C(O)c1cc(C)ccc1Br. The first-order valence-corrected chi connectivity index (χ1v) is 7.87. The van der Waals surface area contributed by atoms with Gasteiger partial charge in [-0.2, -0.15) is 0 Å². The Kier molecular flexibility index (Phi) is 4.85. The first-order valence-electron chi connectivity index (χ1n) is 7.07. The van der Waals surface area contributed by atoms with E-state index in [1.165, 1.54) is 37.7 Å². The maximum absolute atomic E-state index is 10.7. The summed E-state index contributed by atoms with van der Waals surface area (Å²) in [6.07, 6.45) is 5.91. The molecule has 1 saturated carbocycles. The fourth-order valence-corrected chi connectivity index (χ4v) is 3.76. The Morgan fingerprint density at radius 2 is 2.06 bits per heavy atom. The molecular formula is C16H23BrO. The van der Waals surface area contributed by atoms with Crippen molar-refractivity contribution in [3.63, 3.8) is 0 Å². The number of aliphatic hydroxyl groups is 1. The van der Waals surface area contributed by atoms with E-state index >= 15 is 0 Å². The monoisotopic (exact) mass is 310 g/mol. The Labute approximate surface area is 119 Å². The van der Waals surface area contributed by atoms with Crippen molar-refractivity contribution in [1.29, 1.82) is 0 Å². The van der Waals surface area contributed by atoms with E-state index in [1.807, 2.05) is 0 Å². The fraction of sp³-hybridized carbons (Fsp3) is 0.625. The molecule has 1 aliphatic rings. The Morgan fingerprint density at radius 3 is 2.78 bits per heavy atom. The second-order valence-corrected chi connectivity index (χ2v) is 6.44. The molecule has 1 aromatic carbocycles. The van der Waals surface area contributed by atoms with Crippen molar-refractivity contribution < 1.29 is 5.11 Å². The molecule has 3 unspecified atom stereocenters. The first kappa shape index (κ1) is 14.1. The molecule has 1 nitrogen and oxygen atoms in total. The van der Waals surface area contributed by atoms with Crippen molar-refractivity contribution >= 4 is 15.9 Å². The van der Waals surface area contributed by atoms with Crippen molar-refractivity contribution in [2.45, 2.75) is 52.1 Å². The van der Waals surface area contributed by atoms with E-state index < -0.39 is 0 Å². The molecule has 0 saturated heterocycles.